The molecule has 0 aliphatic carbocycles. The Morgan fingerprint density at radius 1 is 0.896 bits per heavy atom. The summed E-state index contributed by atoms with van der Waals surface area (Å²) in [5.74, 6) is 2.84. The monoisotopic (exact) mass is 655 g/mol. The Morgan fingerprint density at radius 2 is 1.60 bits per heavy atom. The third-order valence-electron chi connectivity index (χ3n) is 10.0. The van der Waals surface area contributed by atoms with E-state index in [2.05, 4.69) is 45.1 Å². The summed E-state index contributed by atoms with van der Waals surface area (Å²) in [6.45, 7) is 8.16. The van der Waals surface area contributed by atoms with Crippen molar-refractivity contribution in [3.05, 3.63) is 77.9 Å². The fourth-order valence-corrected chi connectivity index (χ4v) is 7.38. The standard InChI is InChI=1S/C38H49N5O5/c1-5-48-24-23-43-32-14-10-9-13-31(32)40-37(43)39-30-15-19-41(20-16-30)21-17-38(29-11-7-6-8-12-29)18-22-42(36(38)44)27-28-25-33(45-2)35(47-4)34(26-28)46-3/h6-14,25-26,30H,5,15-24,27H2,1-4H3,(H,39,40). The fraction of sp³-hybridized carbons (Fsp3) is 0.474. The predicted molar refractivity (Wildman–Crippen MR) is 188 cm³/mol. The highest BCUT2D eigenvalue weighted by Gasteiger charge is 2.47. The minimum atomic E-state index is -0.553. The highest BCUT2D eigenvalue weighted by Crippen LogP contribution is 2.42. The first-order valence-corrected chi connectivity index (χ1v) is 17.1. The lowest BCUT2D eigenvalue weighted by atomic mass is 9.76. The van der Waals surface area contributed by atoms with Crippen LogP contribution in [0.1, 0.15) is 43.7 Å². The summed E-state index contributed by atoms with van der Waals surface area (Å²) in [5.41, 5.74) is 3.62. The fourth-order valence-electron chi connectivity index (χ4n) is 7.38. The van der Waals surface area contributed by atoms with Crippen molar-refractivity contribution in [3.8, 4) is 17.2 Å². The molecule has 4 aromatic rings. The zero-order valence-electron chi connectivity index (χ0n) is 28.7. The Morgan fingerprint density at radius 3 is 2.29 bits per heavy atom. The van der Waals surface area contributed by atoms with Crippen LogP contribution < -0.4 is 19.5 Å². The van der Waals surface area contributed by atoms with Crippen molar-refractivity contribution < 1.29 is 23.7 Å². The number of anilines is 1. The van der Waals surface area contributed by atoms with E-state index in [1.165, 1.54) is 0 Å². The predicted octanol–water partition coefficient (Wildman–Crippen LogP) is 5.74. The van der Waals surface area contributed by atoms with Gasteiger partial charge in [0, 0.05) is 45.4 Å². The number of aromatic nitrogens is 2. The molecule has 2 fully saturated rings. The van der Waals surface area contributed by atoms with E-state index in [1.807, 2.05) is 48.2 Å². The second-order valence-corrected chi connectivity index (χ2v) is 12.7. The van der Waals surface area contributed by atoms with Gasteiger partial charge in [-0.05, 0) is 74.5 Å². The van der Waals surface area contributed by atoms with Crippen LogP contribution in [-0.4, -0.2) is 92.0 Å². The van der Waals surface area contributed by atoms with E-state index in [-0.39, 0.29) is 5.91 Å². The van der Waals surface area contributed by atoms with Gasteiger partial charge in [-0.1, -0.05) is 42.5 Å². The van der Waals surface area contributed by atoms with Gasteiger partial charge in [0.25, 0.3) is 0 Å². The molecule has 48 heavy (non-hydrogen) atoms. The van der Waals surface area contributed by atoms with Gasteiger partial charge in [-0.3, -0.25) is 4.79 Å². The van der Waals surface area contributed by atoms with Gasteiger partial charge < -0.3 is 38.6 Å². The number of ether oxygens (including phenoxy) is 4. The van der Waals surface area contributed by atoms with Gasteiger partial charge >= 0.3 is 0 Å². The number of carbonyl (C=O) groups is 1. The summed E-state index contributed by atoms with van der Waals surface area (Å²) in [7, 11) is 4.82. The molecule has 1 atom stereocenters. The third kappa shape index (κ3) is 6.96. The summed E-state index contributed by atoms with van der Waals surface area (Å²) < 4.78 is 24.6. The van der Waals surface area contributed by atoms with Gasteiger partial charge in [-0.15, -0.1) is 0 Å². The van der Waals surface area contributed by atoms with Crippen LogP contribution in [0, 0.1) is 0 Å². The van der Waals surface area contributed by atoms with Crippen LogP contribution in [0.2, 0.25) is 0 Å². The number of likely N-dealkylation sites (tertiary alicyclic amines) is 2. The zero-order valence-corrected chi connectivity index (χ0v) is 28.7. The molecule has 1 aromatic heterocycles. The molecular formula is C38H49N5O5. The Bertz CT molecular complexity index is 1640. The van der Waals surface area contributed by atoms with Gasteiger partial charge in [0.15, 0.2) is 11.5 Å². The minimum absolute atomic E-state index is 0.185. The molecule has 6 rings (SSSR count). The molecule has 2 aliphatic rings. The summed E-state index contributed by atoms with van der Waals surface area (Å²) in [4.78, 5) is 23.8. The van der Waals surface area contributed by atoms with Gasteiger partial charge in [-0.25, -0.2) is 4.98 Å². The van der Waals surface area contributed by atoms with Crippen molar-refractivity contribution in [2.24, 2.45) is 0 Å². The van der Waals surface area contributed by atoms with Crippen LogP contribution in [0.15, 0.2) is 66.7 Å². The van der Waals surface area contributed by atoms with Crippen LogP contribution in [0.25, 0.3) is 11.0 Å². The quantitative estimate of drug-likeness (QED) is 0.162. The summed E-state index contributed by atoms with van der Waals surface area (Å²) in [6.07, 6.45) is 3.62. The number of fused-ring (bicyclic) bond motifs is 1. The average molecular weight is 656 g/mol. The number of benzene rings is 3. The number of methoxy groups -OCH3 is 3. The Balaban J connectivity index is 1.11. The lowest BCUT2D eigenvalue weighted by Crippen LogP contribution is -2.44. The Kier molecular flexibility index (Phi) is 10.7. The normalized spacial score (nSPS) is 18.8. The summed E-state index contributed by atoms with van der Waals surface area (Å²) in [5, 5.41) is 3.76. The first kappa shape index (κ1) is 33.6. The molecule has 3 heterocycles. The maximum absolute atomic E-state index is 14.4. The van der Waals surface area contributed by atoms with Crippen molar-refractivity contribution in [2.45, 2.75) is 57.2 Å². The number of hydrogen-bond donors (Lipinski definition) is 1. The van der Waals surface area contributed by atoms with Crippen LogP contribution in [0.5, 0.6) is 17.2 Å². The molecule has 10 nitrogen and oxygen atoms in total. The maximum atomic E-state index is 14.4. The van der Waals surface area contributed by atoms with Crippen LogP contribution in [-0.2, 0) is 28.0 Å². The second kappa shape index (κ2) is 15.3. The number of imidazole rings is 1. The van der Waals surface area contributed by atoms with Crippen molar-refractivity contribution in [2.75, 3.05) is 66.0 Å². The number of piperidine rings is 1. The van der Waals surface area contributed by atoms with Crippen LogP contribution in [0.3, 0.4) is 0 Å². The molecule has 10 heteroatoms. The third-order valence-corrected chi connectivity index (χ3v) is 10.0. The minimum Gasteiger partial charge on any atom is -0.493 e. The highest BCUT2D eigenvalue weighted by atomic mass is 16.5. The molecule has 256 valence electrons. The number of para-hydroxylation sites is 2. The molecule has 1 N–H and O–H groups in total. The lowest BCUT2D eigenvalue weighted by Gasteiger charge is -2.36. The van der Waals surface area contributed by atoms with Crippen molar-refractivity contribution in [3.63, 3.8) is 0 Å². The molecule has 0 radical (unpaired) electrons. The zero-order chi connectivity index (χ0) is 33.5. The van der Waals surface area contributed by atoms with E-state index in [9.17, 15) is 4.79 Å². The van der Waals surface area contributed by atoms with Gasteiger partial charge in [0.1, 0.15) is 0 Å². The van der Waals surface area contributed by atoms with E-state index < -0.39 is 5.41 Å². The van der Waals surface area contributed by atoms with E-state index in [1.54, 1.807) is 21.3 Å². The SMILES string of the molecule is CCOCCn1c(NC2CCN(CCC3(c4ccccc4)CCN(Cc4cc(OC)c(OC)c(OC)c4)C3=O)CC2)nc2ccccc21. The van der Waals surface area contributed by atoms with Crippen molar-refractivity contribution >= 4 is 22.9 Å². The van der Waals surface area contributed by atoms with Crippen LogP contribution in [0.4, 0.5) is 5.95 Å². The number of carbonyl (C=O) groups excluding carboxylic acids is 1. The maximum Gasteiger partial charge on any atom is 0.233 e. The Hall–Kier alpha value is -4.28. The molecule has 3 aromatic carbocycles. The van der Waals surface area contributed by atoms with E-state index in [0.717, 1.165) is 80.0 Å². The molecule has 2 saturated heterocycles. The Labute approximate surface area is 283 Å². The van der Waals surface area contributed by atoms with E-state index in [0.29, 0.717) is 49.6 Å². The first-order chi connectivity index (χ1) is 23.5. The number of nitrogens with one attached hydrogen (secondary N) is 1. The number of rotatable bonds is 15. The van der Waals surface area contributed by atoms with Gasteiger partial charge in [0.05, 0.1) is 44.4 Å². The number of hydrogen-bond acceptors (Lipinski definition) is 8. The van der Waals surface area contributed by atoms with Gasteiger partial charge in [0.2, 0.25) is 17.6 Å². The number of nitrogens with zero attached hydrogens (tertiary/aromatic N) is 4. The second-order valence-electron chi connectivity index (χ2n) is 12.7. The lowest BCUT2D eigenvalue weighted by molar-refractivity contribution is -0.133. The van der Waals surface area contributed by atoms with E-state index >= 15 is 0 Å². The highest BCUT2D eigenvalue weighted by molar-refractivity contribution is 5.90. The van der Waals surface area contributed by atoms with E-state index in [4.69, 9.17) is 23.9 Å². The smallest absolute Gasteiger partial charge is 0.233 e. The van der Waals surface area contributed by atoms with Crippen molar-refractivity contribution in [1.82, 2.24) is 19.4 Å². The topological polar surface area (TPSA) is 90.3 Å². The molecule has 1 amide bonds. The largest absolute Gasteiger partial charge is 0.493 e. The molecule has 0 bridgehead atoms. The molecule has 1 unspecified atom stereocenters. The molecule has 0 saturated carbocycles. The first-order valence-electron chi connectivity index (χ1n) is 17.1. The number of amides is 1. The van der Waals surface area contributed by atoms with Gasteiger partial charge in [-0.2, -0.15) is 0 Å². The summed E-state index contributed by atoms with van der Waals surface area (Å²) in [6, 6.07) is 22.9. The molecule has 0 spiro atoms. The molecular weight excluding hydrogens is 606 g/mol. The average Bonchev–Trinajstić information content (AvgIpc) is 3.64. The van der Waals surface area contributed by atoms with Crippen LogP contribution >= 0.6 is 0 Å². The van der Waals surface area contributed by atoms with Crippen molar-refractivity contribution in [1.29, 1.82) is 0 Å². The summed E-state index contributed by atoms with van der Waals surface area (Å²) >= 11 is 0. The molecule has 2 aliphatic heterocycles.